The van der Waals surface area contributed by atoms with Crippen molar-refractivity contribution in [1.29, 1.82) is 0 Å². The molecule has 0 N–H and O–H groups in total. The molecule has 0 bridgehead atoms. The van der Waals surface area contributed by atoms with Gasteiger partial charge in [-0.1, -0.05) is 15.9 Å². The Morgan fingerprint density at radius 1 is 1.26 bits per heavy atom. The molecule has 0 aliphatic carbocycles. The molecule has 0 atom stereocenters. The molecule has 23 heavy (non-hydrogen) atoms. The number of nitrogens with zero attached hydrogens (tertiary/aromatic N) is 1. The lowest BCUT2D eigenvalue weighted by atomic mass is 10.1. The van der Waals surface area contributed by atoms with Crippen molar-refractivity contribution in [2.24, 2.45) is 0 Å². The molecule has 0 radical (unpaired) electrons. The molecule has 3 rings (SSSR count). The van der Waals surface area contributed by atoms with Crippen LogP contribution in [0.3, 0.4) is 0 Å². The zero-order chi connectivity index (χ0) is 16.6. The van der Waals surface area contributed by atoms with E-state index in [1.54, 1.807) is 44.2 Å². The second-order valence-corrected chi connectivity index (χ2v) is 6.36. The molecule has 5 nitrogen and oxygen atoms in total. The highest BCUT2D eigenvalue weighted by Crippen LogP contribution is 2.21. The average Bonchev–Trinajstić information content (AvgIpc) is 2.47. The first-order valence-corrected chi connectivity index (χ1v) is 7.95. The Morgan fingerprint density at radius 2 is 2.04 bits per heavy atom. The molecule has 0 spiro atoms. The summed E-state index contributed by atoms with van der Waals surface area (Å²) in [4.78, 5) is 28.5. The number of ether oxygens (including phenoxy) is 1. The molecule has 0 fully saturated rings. The van der Waals surface area contributed by atoms with Gasteiger partial charge in [-0.3, -0.25) is 9.59 Å². The summed E-state index contributed by atoms with van der Waals surface area (Å²) in [5.41, 5.74) is 1.04. The number of halogens is 1. The summed E-state index contributed by atoms with van der Waals surface area (Å²) < 4.78 is 11.6. The molecule has 2 heterocycles. The first kappa shape index (κ1) is 15.7. The maximum Gasteiger partial charge on any atom is 0.312 e. The van der Waals surface area contributed by atoms with Gasteiger partial charge in [-0.15, -0.1) is 0 Å². The number of aromatic nitrogens is 1. The van der Waals surface area contributed by atoms with Gasteiger partial charge in [-0.25, -0.2) is 4.98 Å². The molecule has 0 saturated heterocycles. The van der Waals surface area contributed by atoms with Crippen LogP contribution in [-0.2, 0) is 16.0 Å². The average molecular weight is 376 g/mol. The third kappa shape index (κ3) is 3.27. The number of carbonyl (C=O) groups is 1. The molecular weight excluding hydrogens is 362 g/mol. The van der Waals surface area contributed by atoms with Crippen LogP contribution in [0.5, 0.6) is 0 Å². The smallest absolute Gasteiger partial charge is 0.312 e. The first-order chi connectivity index (χ1) is 10.9. The monoisotopic (exact) mass is 375 g/mol. The summed E-state index contributed by atoms with van der Waals surface area (Å²) >= 11 is 3.34. The van der Waals surface area contributed by atoms with E-state index in [0.29, 0.717) is 22.0 Å². The maximum atomic E-state index is 12.5. The van der Waals surface area contributed by atoms with E-state index in [1.165, 1.54) is 0 Å². The van der Waals surface area contributed by atoms with Gasteiger partial charge in [0.15, 0.2) is 0 Å². The molecule has 6 heteroatoms. The summed E-state index contributed by atoms with van der Waals surface area (Å²) in [6, 6.07) is 8.49. The van der Waals surface area contributed by atoms with Gasteiger partial charge in [-0.2, -0.15) is 0 Å². The topological polar surface area (TPSA) is 69.4 Å². The van der Waals surface area contributed by atoms with Crippen LogP contribution in [0.4, 0.5) is 0 Å². The Balaban J connectivity index is 2.06. The Hall–Kier alpha value is -2.21. The summed E-state index contributed by atoms with van der Waals surface area (Å²) in [6.07, 6.45) is -0.140. The second-order valence-electron chi connectivity index (χ2n) is 5.44. The van der Waals surface area contributed by atoms with Gasteiger partial charge < -0.3 is 9.15 Å². The van der Waals surface area contributed by atoms with Gasteiger partial charge in [0, 0.05) is 4.47 Å². The maximum absolute atomic E-state index is 12.5. The Kier molecular flexibility index (Phi) is 4.17. The van der Waals surface area contributed by atoms with E-state index >= 15 is 0 Å². The van der Waals surface area contributed by atoms with Gasteiger partial charge >= 0.3 is 5.97 Å². The number of hydrogen-bond acceptors (Lipinski definition) is 5. The minimum absolute atomic E-state index is 0.0379. The normalized spacial score (nSPS) is 11.3. The predicted octanol–water partition coefficient (Wildman–Crippen LogP) is 3.60. The van der Waals surface area contributed by atoms with Crippen molar-refractivity contribution in [3.63, 3.8) is 0 Å². The van der Waals surface area contributed by atoms with E-state index in [-0.39, 0.29) is 29.6 Å². The standard InChI is InChI=1S/C17H14BrNO4/c1-9(2)22-15(20)8-11-4-5-12-16(21)13-7-10(18)3-6-14(13)23-17(12)19-11/h3-7,9H,8H2,1-2H3. The number of fused-ring (bicyclic) bond motifs is 2. The lowest BCUT2D eigenvalue weighted by Crippen LogP contribution is -2.14. The first-order valence-electron chi connectivity index (χ1n) is 7.15. The highest BCUT2D eigenvalue weighted by molar-refractivity contribution is 9.10. The Bertz CT molecular complexity index is 962. The number of rotatable bonds is 3. The van der Waals surface area contributed by atoms with Gasteiger partial charge in [0.2, 0.25) is 11.1 Å². The van der Waals surface area contributed by atoms with Crippen LogP contribution in [0, 0.1) is 0 Å². The number of pyridine rings is 1. The molecule has 0 aliphatic heterocycles. The van der Waals surface area contributed by atoms with Crippen molar-refractivity contribution >= 4 is 44.0 Å². The van der Waals surface area contributed by atoms with Crippen molar-refractivity contribution in [1.82, 2.24) is 4.98 Å². The molecule has 0 amide bonds. The molecule has 0 aliphatic rings. The van der Waals surface area contributed by atoms with Crippen molar-refractivity contribution in [3.8, 4) is 0 Å². The highest BCUT2D eigenvalue weighted by atomic mass is 79.9. The van der Waals surface area contributed by atoms with Gasteiger partial charge in [0.25, 0.3) is 0 Å². The number of esters is 1. The molecular formula is C17H14BrNO4. The van der Waals surface area contributed by atoms with Crippen LogP contribution in [-0.4, -0.2) is 17.1 Å². The van der Waals surface area contributed by atoms with Crippen LogP contribution < -0.4 is 5.43 Å². The van der Waals surface area contributed by atoms with E-state index in [1.807, 2.05) is 0 Å². The molecule has 118 valence electrons. The van der Waals surface area contributed by atoms with Gasteiger partial charge in [0.1, 0.15) is 5.58 Å². The zero-order valence-corrected chi connectivity index (χ0v) is 14.2. The summed E-state index contributed by atoms with van der Waals surface area (Å²) in [6.45, 7) is 3.57. The third-order valence-corrected chi connectivity index (χ3v) is 3.74. The fourth-order valence-corrected chi connectivity index (χ4v) is 2.66. The second kappa shape index (κ2) is 6.12. The van der Waals surface area contributed by atoms with Crippen LogP contribution in [0.1, 0.15) is 19.5 Å². The fourth-order valence-electron chi connectivity index (χ4n) is 2.30. The van der Waals surface area contributed by atoms with E-state index < -0.39 is 0 Å². The number of carbonyl (C=O) groups excluding carboxylic acids is 1. The molecule has 0 saturated carbocycles. The third-order valence-electron chi connectivity index (χ3n) is 3.25. The lowest BCUT2D eigenvalue weighted by molar-refractivity contribution is -0.146. The quantitative estimate of drug-likeness (QED) is 0.516. The fraction of sp³-hybridized carbons (Fsp3) is 0.235. The SMILES string of the molecule is CC(C)OC(=O)Cc1ccc2c(=O)c3cc(Br)ccc3oc2n1. The van der Waals surface area contributed by atoms with E-state index in [4.69, 9.17) is 9.15 Å². The van der Waals surface area contributed by atoms with Crippen molar-refractivity contribution in [2.75, 3.05) is 0 Å². The van der Waals surface area contributed by atoms with Crippen molar-refractivity contribution < 1.29 is 13.9 Å². The predicted molar refractivity (Wildman–Crippen MR) is 90.4 cm³/mol. The number of benzene rings is 1. The molecule has 3 aromatic rings. The van der Waals surface area contributed by atoms with Crippen molar-refractivity contribution in [2.45, 2.75) is 26.4 Å². The van der Waals surface area contributed by atoms with E-state index in [9.17, 15) is 9.59 Å². The zero-order valence-electron chi connectivity index (χ0n) is 12.6. The highest BCUT2D eigenvalue weighted by Gasteiger charge is 2.13. The van der Waals surface area contributed by atoms with Crippen LogP contribution in [0.25, 0.3) is 22.1 Å². The molecule has 0 unspecified atom stereocenters. The largest absolute Gasteiger partial charge is 0.463 e. The Morgan fingerprint density at radius 3 is 2.78 bits per heavy atom. The minimum atomic E-state index is -0.362. The van der Waals surface area contributed by atoms with Crippen LogP contribution >= 0.6 is 15.9 Å². The van der Waals surface area contributed by atoms with Crippen molar-refractivity contribution in [3.05, 3.63) is 50.7 Å². The van der Waals surface area contributed by atoms with Gasteiger partial charge in [-0.05, 0) is 44.2 Å². The minimum Gasteiger partial charge on any atom is -0.463 e. The Labute approximate surface area is 140 Å². The molecule has 2 aromatic heterocycles. The summed E-state index contributed by atoms with van der Waals surface area (Å²) in [7, 11) is 0. The van der Waals surface area contributed by atoms with E-state index in [2.05, 4.69) is 20.9 Å². The molecule has 1 aromatic carbocycles. The lowest BCUT2D eigenvalue weighted by Gasteiger charge is -2.07. The number of hydrogen-bond donors (Lipinski definition) is 0. The summed E-state index contributed by atoms with van der Waals surface area (Å²) in [5.74, 6) is -0.362. The van der Waals surface area contributed by atoms with Crippen LogP contribution in [0.2, 0.25) is 0 Å². The van der Waals surface area contributed by atoms with Gasteiger partial charge in [0.05, 0.1) is 29.0 Å². The van der Waals surface area contributed by atoms with Crippen LogP contribution in [0.15, 0.2) is 44.0 Å². The summed E-state index contributed by atoms with van der Waals surface area (Å²) in [5, 5.41) is 0.872. The van der Waals surface area contributed by atoms with E-state index in [0.717, 1.165) is 4.47 Å².